The van der Waals surface area contributed by atoms with Crippen LogP contribution in [0.2, 0.25) is 0 Å². The van der Waals surface area contributed by atoms with Crippen LogP contribution in [-0.2, 0) is 0 Å². The summed E-state index contributed by atoms with van der Waals surface area (Å²) >= 11 is 0. The van der Waals surface area contributed by atoms with Crippen LogP contribution in [0.3, 0.4) is 0 Å². The van der Waals surface area contributed by atoms with Crippen molar-refractivity contribution in [2.45, 2.75) is 12.8 Å². The van der Waals surface area contributed by atoms with Gasteiger partial charge in [0.05, 0.1) is 5.56 Å². The first-order chi connectivity index (χ1) is 6.66. The minimum atomic E-state index is -0.806. The van der Waals surface area contributed by atoms with Crippen LogP contribution in [0.4, 0.5) is 8.78 Å². The van der Waals surface area contributed by atoms with Gasteiger partial charge in [0.15, 0.2) is 5.78 Å². The average molecular weight is 196 g/mol. The molecule has 74 valence electrons. The van der Waals surface area contributed by atoms with Crippen LogP contribution in [0, 0.1) is 11.6 Å². The first-order valence-electron chi connectivity index (χ1n) is 4.25. The van der Waals surface area contributed by atoms with Crippen LogP contribution in [0.25, 0.3) is 0 Å². The number of carbonyl (C=O) groups excluding carboxylic acids is 1. The van der Waals surface area contributed by atoms with E-state index in [1.54, 1.807) is 0 Å². The van der Waals surface area contributed by atoms with Gasteiger partial charge in [0.2, 0.25) is 0 Å². The maximum atomic E-state index is 13.0. The standard InChI is InChI=1S/C11H10F2O/c1-2-3-7-10(14)11-8(12)5-4-6-9(11)13/h2,4-6H,1,3,7H2. The van der Waals surface area contributed by atoms with Gasteiger partial charge in [0.1, 0.15) is 11.6 Å². The molecular weight excluding hydrogens is 186 g/mol. The normalized spacial score (nSPS) is 9.86. The van der Waals surface area contributed by atoms with Crippen molar-refractivity contribution in [2.75, 3.05) is 0 Å². The largest absolute Gasteiger partial charge is 0.294 e. The van der Waals surface area contributed by atoms with E-state index in [1.165, 1.54) is 12.1 Å². The molecule has 0 aromatic heterocycles. The van der Waals surface area contributed by atoms with E-state index in [1.807, 2.05) is 0 Å². The van der Waals surface area contributed by atoms with Crippen LogP contribution in [0.1, 0.15) is 23.2 Å². The van der Waals surface area contributed by atoms with Gasteiger partial charge in [-0.2, -0.15) is 0 Å². The van der Waals surface area contributed by atoms with Crippen molar-refractivity contribution in [1.82, 2.24) is 0 Å². The van der Waals surface area contributed by atoms with Crippen LogP contribution in [-0.4, -0.2) is 5.78 Å². The zero-order valence-corrected chi connectivity index (χ0v) is 7.59. The molecule has 1 nitrogen and oxygen atoms in total. The van der Waals surface area contributed by atoms with Crippen molar-refractivity contribution in [3.05, 3.63) is 48.1 Å². The predicted octanol–water partition coefficient (Wildman–Crippen LogP) is 3.11. The quantitative estimate of drug-likeness (QED) is 0.534. The topological polar surface area (TPSA) is 17.1 Å². The first-order valence-corrected chi connectivity index (χ1v) is 4.25. The summed E-state index contributed by atoms with van der Waals surface area (Å²) in [6.45, 7) is 3.43. The van der Waals surface area contributed by atoms with Gasteiger partial charge in [-0.25, -0.2) is 8.78 Å². The van der Waals surface area contributed by atoms with E-state index in [0.29, 0.717) is 6.42 Å². The molecule has 0 saturated carbocycles. The summed E-state index contributed by atoms with van der Waals surface area (Å²) in [4.78, 5) is 11.3. The summed E-state index contributed by atoms with van der Waals surface area (Å²) in [5.41, 5.74) is -0.450. The van der Waals surface area contributed by atoms with Crippen molar-refractivity contribution >= 4 is 5.78 Å². The van der Waals surface area contributed by atoms with Crippen LogP contribution >= 0.6 is 0 Å². The van der Waals surface area contributed by atoms with Gasteiger partial charge < -0.3 is 0 Å². The van der Waals surface area contributed by atoms with Crippen LogP contribution in [0.5, 0.6) is 0 Å². The molecule has 0 spiro atoms. The van der Waals surface area contributed by atoms with Crippen molar-refractivity contribution in [1.29, 1.82) is 0 Å². The second kappa shape index (κ2) is 4.65. The summed E-state index contributed by atoms with van der Waals surface area (Å²) in [5, 5.41) is 0. The number of allylic oxidation sites excluding steroid dienone is 1. The van der Waals surface area contributed by atoms with E-state index >= 15 is 0 Å². The number of hydrogen-bond acceptors (Lipinski definition) is 1. The van der Waals surface area contributed by atoms with E-state index in [2.05, 4.69) is 6.58 Å². The third-order valence-corrected chi connectivity index (χ3v) is 1.82. The van der Waals surface area contributed by atoms with Gasteiger partial charge in [-0.3, -0.25) is 4.79 Å². The molecule has 0 radical (unpaired) electrons. The maximum absolute atomic E-state index is 13.0. The van der Waals surface area contributed by atoms with Gasteiger partial charge in [0.25, 0.3) is 0 Å². The lowest BCUT2D eigenvalue weighted by molar-refractivity contribution is 0.0975. The SMILES string of the molecule is C=CCCC(=O)c1c(F)cccc1F. The first kappa shape index (κ1) is 10.6. The van der Waals surface area contributed by atoms with Crippen molar-refractivity contribution in [2.24, 2.45) is 0 Å². The van der Waals surface area contributed by atoms with Gasteiger partial charge in [-0.15, -0.1) is 6.58 Å². The molecule has 1 aromatic carbocycles. The molecule has 0 aliphatic heterocycles. The summed E-state index contributed by atoms with van der Waals surface area (Å²) in [6.07, 6.45) is 2.05. The number of carbonyl (C=O) groups is 1. The number of Topliss-reactive ketones (excluding diaryl/α,β-unsaturated/α-hetero) is 1. The Morgan fingerprint density at radius 3 is 2.43 bits per heavy atom. The predicted molar refractivity (Wildman–Crippen MR) is 50.1 cm³/mol. The molecule has 0 unspecified atom stereocenters. The molecule has 0 aliphatic rings. The van der Waals surface area contributed by atoms with Crippen LogP contribution in [0.15, 0.2) is 30.9 Å². The Kier molecular flexibility index (Phi) is 3.51. The van der Waals surface area contributed by atoms with Gasteiger partial charge in [0, 0.05) is 6.42 Å². The van der Waals surface area contributed by atoms with Gasteiger partial charge >= 0.3 is 0 Å². The van der Waals surface area contributed by atoms with E-state index < -0.39 is 23.0 Å². The number of hydrogen-bond donors (Lipinski definition) is 0. The molecule has 0 bridgehead atoms. The summed E-state index contributed by atoms with van der Waals surface area (Å²) < 4.78 is 26.1. The fraction of sp³-hybridized carbons (Fsp3) is 0.182. The van der Waals surface area contributed by atoms with Crippen molar-refractivity contribution in [3.63, 3.8) is 0 Å². The Bertz CT molecular complexity index is 338. The highest BCUT2D eigenvalue weighted by atomic mass is 19.1. The second-order valence-corrected chi connectivity index (χ2v) is 2.85. The summed E-state index contributed by atoms with van der Waals surface area (Å²) in [6, 6.07) is 3.38. The highest BCUT2D eigenvalue weighted by Crippen LogP contribution is 2.14. The fourth-order valence-electron chi connectivity index (χ4n) is 1.12. The Balaban J connectivity index is 2.94. The van der Waals surface area contributed by atoms with E-state index in [9.17, 15) is 13.6 Å². The lowest BCUT2D eigenvalue weighted by Crippen LogP contribution is -2.05. The number of rotatable bonds is 4. The Morgan fingerprint density at radius 2 is 1.93 bits per heavy atom. The molecule has 0 N–H and O–H groups in total. The lowest BCUT2D eigenvalue weighted by Gasteiger charge is -2.01. The Morgan fingerprint density at radius 1 is 1.36 bits per heavy atom. The van der Waals surface area contributed by atoms with E-state index in [4.69, 9.17) is 0 Å². The summed E-state index contributed by atoms with van der Waals surface area (Å²) in [7, 11) is 0. The van der Waals surface area contributed by atoms with Crippen LogP contribution < -0.4 is 0 Å². The van der Waals surface area contributed by atoms with E-state index in [-0.39, 0.29) is 6.42 Å². The Hall–Kier alpha value is -1.51. The average Bonchev–Trinajstić information content (AvgIpc) is 2.14. The monoisotopic (exact) mass is 196 g/mol. The highest BCUT2D eigenvalue weighted by molar-refractivity contribution is 5.96. The molecule has 0 amide bonds. The molecule has 1 aromatic rings. The molecule has 3 heteroatoms. The third-order valence-electron chi connectivity index (χ3n) is 1.82. The summed E-state index contributed by atoms with van der Waals surface area (Å²) in [5.74, 6) is -2.14. The van der Waals surface area contributed by atoms with Crippen molar-refractivity contribution in [3.8, 4) is 0 Å². The van der Waals surface area contributed by atoms with E-state index in [0.717, 1.165) is 12.1 Å². The molecule has 14 heavy (non-hydrogen) atoms. The van der Waals surface area contributed by atoms with Gasteiger partial charge in [-0.05, 0) is 18.6 Å². The van der Waals surface area contributed by atoms with Gasteiger partial charge in [-0.1, -0.05) is 12.1 Å². The molecule has 1 rings (SSSR count). The zero-order valence-electron chi connectivity index (χ0n) is 7.59. The second-order valence-electron chi connectivity index (χ2n) is 2.85. The lowest BCUT2D eigenvalue weighted by atomic mass is 10.1. The molecular formula is C11H10F2O. The maximum Gasteiger partial charge on any atom is 0.169 e. The Labute approximate surface area is 81.1 Å². The molecule has 0 atom stereocenters. The zero-order chi connectivity index (χ0) is 10.6. The van der Waals surface area contributed by atoms with Crippen molar-refractivity contribution < 1.29 is 13.6 Å². The molecule has 0 fully saturated rings. The smallest absolute Gasteiger partial charge is 0.169 e. The number of benzene rings is 1. The minimum absolute atomic E-state index is 0.0847. The molecule has 0 heterocycles. The number of halogens is 2. The molecule has 0 saturated heterocycles. The fourth-order valence-corrected chi connectivity index (χ4v) is 1.12. The number of ketones is 1. The minimum Gasteiger partial charge on any atom is -0.294 e. The molecule has 0 aliphatic carbocycles. The third kappa shape index (κ3) is 2.25. The highest BCUT2D eigenvalue weighted by Gasteiger charge is 2.15.